The number of hydrogen-bond donors (Lipinski definition) is 1. The Hall–Kier alpha value is -1.25. The summed E-state index contributed by atoms with van der Waals surface area (Å²) in [6.45, 7) is 2.78. The molecule has 1 N–H and O–H groups in total. The number of nitrogens with one attached hydrogen (secondary N) is 1. The van der Waals surface area contributed by atoms with Crippen LogP contribution >= 0.6 is 0 Å². The zero-order chi connectivity index (χ0) is 12.3. The van der Waals surface area contributed by atoms with Gasteiger partial charge in [-0.2, -0.15) is 0 Å². The third-order valence-electron chi connectivity index (χ3n) is 2.77. The molecule has 1 aromatic heterocycles. The second-order valence-electron chi connectivity index (χ2n) is 4.38. The number of esters is 1. The van der Waals surface area contributed by atoms with E-state index < -0.39 is 0 Å². The minimum atomic E-state index is -0.127. The molecular weight excluding hydrogens is 214 g/mol. The summed E-state index contributed by atoms with van der Waals surface area (Å²) in [5.74, 6) is -0.127. The lowest BCUT2D eigenvalue weighted by Crippen LogP contribution is -2.08. The van der Waals surface area contributed by atoms with Crippen LogP contribution < -0.4 is 0 Å². The van der Waals surface area contributed by atoms with E-state index in [1.165, 1.54) is 25.7 Å². The summed E-state index contributed by atoms with van der Waals surface area (Å²) in [6, 6.07) is 1.89. The molecular formula is C14H23NO2. The van der Waals surface area contributed by atoms with Gasteiger partial charge < -0.3 is 9.72 Å². The van der Waals surface area contributed by atoms with Crippen molar-refractivity contribution in [2.45, 2.75) is 51.9 Å². The Bertz CT molecular complexity index is 293. The predicted octanol–water partition coefficient (Wildman–Crippen LogP) is 3.46. The number of rotatable bonds is 9. The quantitative estimate of drug-likeness (QED) is 0.528. The summed E-state index contributed by atoms with van der Waals surface area (Å²) >= 11 is 0. The Balaban J connectivity index is 1.94. The van der Waals surface area contributed by atoms with E-state index in [2.05, 4.69) is 11.9 Å². The van der Waals surface area contributed by atoms with Crippen LogP contribution in [0.5, 0.6) is 0 Å². The van der Waals surface area contributed by atoms with Crippen LogP contribution in [0.3, 0.4) is 0 Å². The molecule has 96 valence electrons. The molecule has 0 aromatic carbocycles. The third-order valence-corrected chi connectivity index (χ3v) is 2.77. The topological polar surface area (TPSA) is 42.1 Å². The van der Waals surface area contributed by atoms with Gasteiger partial charge in [-0.25, -0.2) is 0 Å². The second kappa shape index (κ2) is 8.85. The van der Waals surface area contributed by atoms with Crippen molar-refractivity contribution in [1.29, 1.82) is 0 Å². The van der Waals surface area contributed by atoms with Gasteiger partial charge in [-0.3, -0.25) is 4.79 Å². The molecule has 0 aliphatic carbocycles. The highest BCUT2D eigenvalue weighted by atomic mass is 16.5. The Labute approximate surface area is 104 Å². The summed E-state index contributed by atoms with van der Waals surface area (Å²) in [7, 11) is 0. The molecule has 0 saturated carbocycles. The molecule has 17 heavy (non-hydrogen) atoms. The molecule has 3 heteroatoms. The molecule has 0 saturated heterocycles. The molecule has 3 nitrogen and oxygen atoms in total. The van der Waals surface area contributed by atoms with Crippen molar-refractivity contribution in [3.8, 4) is 0 Å². The molecule has 0 unspecified atom stereocenters. The Morgan fingerprint density at radius 1 is 1.24 bits per heavy atom. The van der Waals surface area contributed by atoms with E-state index in [4.69, 9.17) is 4.74 Å². The van der Waals surface area contributed by atoms with E-state index >= 15 is 0 Å². The minimum absolute atomic E-state index is 0.127. The first kappa shape index (κ1) is 13.8. The number of H-pyrrole nitrogens is 1. The summed E-state index contributed by atoms with van der Waals surface area (Å²) in [5, 5.41) is 0. The second-order valence-corrected chi connectivity index (χ2v) is 4.38. The summed E-state index contributed by atoms with van der Waals surface area (Å²) < 4.78 is 5.17. The number of carbonyl (C=O) groups is 1. The van der Waals surface area contributed by atoms with Gasteiger partial charge in [0.2, 0.25) is 0 Å². The van der Waals surface area contributed by atoms with E-state index in [0.717, 1.165) is 18.4 Å². The Morgan fingerprint density at radius 3 is 2.71 bits per heavy atom. The van der Waals surface area contributed by atoms with Gasteiger partial charge >= 0.3 is 5.97 Å². The molecule has 0 spiro atoms. The van der Waals surface area contributed by atoms with E-state index in [-0.39, 0.29) is 5.97 Å². The van der Waals surface area contributed by atoms with Gasteiger partial charge in [0, 0.05) is 12.4 Å². The fraction of sp³-hybridized carbons (Fsp3) is 0.643. The van der Waals surface area contributed by atoms with Gasteiger partial charge in [0.25, 0.3) is 0 Å². The highest BCUT2D eigenvalue weighted by molar-refractivity contribution is 5.72. The molecule has 0 aliphatic heterocycles. The van der Waals surface area contributed by atoms with E-state index in [1.807, 2.05) is 18.5 Å². The van der Waals surface area contributed by atoms with Crippen molar-refractivity contribution in [2.24, 2.45) is 0 Å². The lowest BCUT2D eigenvalue weighted by molar-refractivity contribution is -0.142. The molecule has 1 aromatic rings. The first-order valence-corrected chi connectivity index (χ1v) is 6.60. The van der Waals surface area contributed by atoms with Crippen molar-refractivity contribution in [3.05, 3.63) is 24.0 Å². The van der Waals surface area contributed by atoms with Gasteiger partial charge in [0.05, 0.1) is 13.0 Å². The summed E-state index contributed by atoms with van der Waals surface area (Å²) in [4.78, 5) is 14.3. The van der Waals surface area contributed by atoms with Gasteiger partial charge in [0.1, 0.15) is 0 Å². The first-order chi connectivity index (χ1) is 8.33. The zero-order valence-electron chi connectivity index (χ0n) is 10.7. The molecule has 0 amide bonds. The van der Waals surface area contributed by atoms with Crippen LogP contribution in [0, 0.1) is 0 Å². The van der Waals surface area contributed by atoms with Gasteiger partial charge in [0.15, 0.2) is 0 Å². The Morgan fingerprint density at radius 2 is 2.00 bits per heavy atom. The van der Waals surface area contributed by atoms with Crippen molar-refractivity contribution in [2.75, 3.05) is 6.61 Å². The average Bonchev–Trinajstić information content (AvgIpc) is 2.80. The molecule has 0 atom stereocenters. The van der Waals surface area contributed by atoms with Crippen LogP contribution in [0.4, 0.5) is 0 Å². The number of ether oxygens (including phenoxy) is 1. The first-order valence-electron chi connectivity index (χ1n) is 6.60. The van der Waals surface area contributed by atoms with Crippen LogP contribution in [0.15, 0.2) is 18.5 Å². The van der Waals surface area contributed by atoms with Crippen LogP contribution in [0.1, 0.15) is 51.0 Å². The number of unbranched alkanes of at least 4 members (excludes halogenated alkanes) is 5. The monoisotopic (exact) mass is 237 g/mol. The number of hydrogen-bond acceptors (Lipinski definition) is 2. The summed E-state index contributed by atoms with van der Waals surface area (Å²) in [6.07, 6.45) is 11.3. The standard InChI is InChI=1S/C14H23NO2/c1-2-3-4-5-6-7-10-17-14(16)11-13-8-9-15-12-13/h8-9,12,15H,2-7,10-11H2,1H3. The lowest BCUT2D eigenvalue weighted by Gasteiger charge is -2.04. The van der Waals surface area contributed by atoms with Crippen molar-refractivity contribution in [1.82, 2.24) is 4.98 Å². The highest BCUT2D eigenvalue weighted by Gasteiger charge is 2.04. The highest BCUT2D eigenvalue weighted by Crippen LogP contribution is 2.05. The lowest BCUT2D eigenvalue weighted by atomic mass is 10.1. The van der Waals surface area contributed by atoms with E-state index in [0.29, 0.717) is 13.0 Å². The zero-order valence-corrected chi connectivity index (χ0v) is 10.7. The molecule has 0 fully saturated rings. The van der Waals surface area contributed by atoms with Gasteiger partial charge in [-0.1, -0.05) is 39.0 Å². The van der Waals surface area contributed by atoms with Gasteiger partial charge in [-0.05, 0) is 18.1 Å². The van der Waals surface area contributed by atoms with Crippen molar-refractivity contribution >= 4 is 5.97 Å². The van der Waals surface area contributed by atoms with Crippen LogP contribution in [0.2, 0.25) is 0 Å². The average molecular weight is 237 g/mol. The minimum Gasteiger partial charge on any atom is -0.465 e. The molecule has 1 heterocycles. The molecule has 0 radical (unpaired) electrons. The fourth-order valence-corrected chi connectivity index (χ4v) is 1.75. The van der Waals surface area contributed by atoms with E-state index in [1.54, 1.807) is 0 Å². The van der Waals surface area contributed by atoms with Crippen molar-refractivity contribution < 1.29 is 9.53 Å². The van der Waals surface area contributed by atoms with Crippen LogP contribution in [0.25, 0.3) is 0 Å². The Kier molecular flexibility index (Phi) is 7.19. The number of aromatic amines is 1. The maximum atomic E-state index is 11.4. The molecule has 0 aliphatic rings. The third kappa shape index (κ3) is 6.82. The maximum Gasteiger partial charge on any atom is 0.310 e. The van der Waals surface area contributed by atoms with Crippen LogP contribution in [-0.2, 0) is 16.0 Å². The SMILES string of the molecule is CCCCCCCCOC(=O)Cc1cc[nH]c1. The number of carbonyl (C=O) groups excluding carboxylic acids is 1. The van der Waals surface area contributed by atoms with Crippen molar-refractivity contribution in [3.63, 3.8) is 0 Å². The largest absolute Gasteiger partial charge is 0.465 e. The van der Waals surface area contributed by atoms with E-state index in [9.17, 15) is 4.79 Å². The fourth-order valence-electron chi connectivity index (χ4n) is 1.75. The predicted molar refractivity (Wildman–Crippen MR) is 68.8 cm³/mol. The van der Waals surface area contributed by atoms with Gasteiger partial charge in [-0.15, -0.1) is 0 Å². The normalized spacial score (nSPS) is 10.4. The molecule has 1 rings (SSSR count). The summed E-state index contributed by atoms with van der Waals surface area (Å²) in [5.41, 5.74) is 0.984. The number of aromatic nitrogens is 1. The molecule has 0 bridgehead atoms. The maximum absolute atomic E-state index is 11.4. The smallest absolute Gasteiger partial charge is 0.310 e. The van der Waals surface area contributed by atoms with Crippen LogP contribution in [-0.4, -0.2) is 17.6 Å².